The molecule has 1 aliphatic heterocycles. The molecule has 0 saturated heterocycles. The van der Waals surface area contributed by atoms with Gasteiger partial charge < -0.3 is 0 Å². The van der Waals surface area contributed by atoms with Crippen LogP contribution in [0.4, 0.5) is 0 Å². The number of benzene rings is 1. The van der Waals surface area contributed by atoms with Crippen LogP contribution in [-0.4, -0.2) is 5.33 Å². The number of hydrogen-bond donors (Lipinski definition) is 0. The Morgan fingerprint density at radius 3 is 2.85 bits per heavy atom. The average Bonchev–Trinajstić information content (AvgIpc) is 2.76. The van der Waals surface area contributed by atoms with Gasteiger partial charge in [0.2, 0.25) is 0 Å². The SMILES string of the molecule is BrCC1=CC=C2C=CC=c3sc4ccccc4c3=C2S1. The minimum atomic E-state index is 0.912. The maximum Gasteiger partial charge on any atom is 0.0367 e. The van der Waals surface area contributed by atoms with E-state index < -0.39 is 0 Å². The van der Waals surface area contributed by atoms with Gasteiger partial charge in [-0.3, -0.25) is 0 Å². The van der Waals surface area contributed by atoms with Crippen LogP contribution in [0.3, 0.4) is 0 Å². The van der Waals surface area contributed by atoms with Crippen LogP contribution in [0.25, 0.3) is 21.1 Å². The molecule has 0 amide bonds. The van der Waals surface area contributed by atoms with E-state index >= 15 is 0 Å². The van der Waals surface area contributed by atoms with Gasteiger partial charge in [0.25, 0.3) is 0 Å². The van der Waals surface area contributed by atoms with Gasteiger partial charge >= 0.3 is 0 Å². The number of allylic oxidation sites excluding steroid dienone is 5. The normalized spacial score (nSPS) is 16.9. The molecule has 1 aliphatic carbocycles. The van der Waals surface area contributed by atoms with Crippen LogP contribution in [0.15, 0.2) is 59.0 Å². The summed E-state index contributed by atoms with van der Waals surface area (Å²) in [5, 5.41) is 3.69. The summed E-state index contributed by atoms with van der Waals surface area (Å²) in [7, 11) is 0. The van der Waals surface area contributed by atoms with Gasteiger partial charge in [0.1, 0.15) is 0 Å². The van der Waals surface area contributed by atoms with Crippen molar-refractivity contribution in [2.75, 3.05) is 5.33 Å². The van der Waals surface area contributed by atoms with E-state index in [1.165, 1.54) is 35.2 Å². The van der Waals surface area contributed by atoms with E-state index in [-0.39, 0.29) is 0 Å². The molecule has 0 saturated carbocycles. The van der Waals surface area contributed by atoms with Gasteiger partial charge in [-0.2, -0.15) is 0 Å². The smallest absolute Gasteiger partial charge is 0.0367 e. The molecule has 0 nitrogen and oxygen atoms in total. The molecule has 2 aliphatic rings. The van der Waals surface area contributed by atoms with Crippen molar-refractivity contribution in [2.45, 2.75) is 0 Å². The second kappa shape index (κ2) is 5.06. The van der Waals surface area contributed by atoms with Crippen molar-refractivity contribution in [3.05, 3.63) is 68.8 Å². The third-order valence-corrected chi connectivity index (χ3v) is 6.75. The Kier molecular flexibility index (Phi) is 3.21. The minimum absolute atomic E-state index is 0.912. The Balaban J connectivity index is 2.16. The lowest BCUT2D eigenvalue weighted by atomic mass is 10.1. The molecule has 2 aromatic rings. The predicted molar refractivity (Wildman–Crippen MR) is 95.6 cm³/mol. The standard InChI is InChI=1S/C17H11BrS2/c18-10-12-9-8-11-4-3-7-15-16(17(11)19-12)13-5-1-2-6-14(13)20-15/h1-9H,10H2. The highest BCUT2D eigenvalue weighted by Gasteiger charge is 2.16. The lowest BCUT2D eigenvalue weighted by Gasteiger charge is -2.13. The van der Waals surface area contributed by atoms with E-state index in [2.05, 4.69) is 70.6 Å². The van der Waals surface area contributed by atoms with E-state index in [1.807, 2.05) is 23.1 Å². The summed E-state index contributed by atoms with van der Waals surface area (Å²) in [4.78, 5) is 2.75. The van der Waals surface area contributed by atoms with E-state index in [0.29, 0.717) is 0 Å². The zero-order chi connectivity index (χ0) is 13.5. The molecule has 3 heteroatoms. The summed E-state index contributed by atoms with van der Waals surface area (Å²) in [6.07, 6.45) is 11.1. The van der Waals surface area contributed by atoms with Crippen molar-refractivity contribution in [3.63, 3.8) is 0 Å². The quantitative estimate of drug-likeness (QED) is 0.684. The summed E-state index contributed by atoms with van der Waals surface area (Å²) in [6.45, 7) is 0. The second-order valence-corrected chi connectivity index (χ2v) is 7.46. The number of hydrogen-bond acceptors (Lipinski definition) is 2. The first kappa shape index (κ1) is 12.7. The average molecular weight is 359 g/mol. The third-order valence-electron chi connectivity index (χ3n) is 3.45. The van der Waals surface area contributed by atoms with Gasteiger partial charge in [0.05, 0.1) is 0 Å². The molecule has 0 N–H and O–H groups in total. The van der Waals surface area contributed by atoms with Crippen molar-refractivity contribution in [1.29, 1.82) is 0 Å². The molecule has 4 rings (SSSR count). The number of fused-ring (bicyclic) bond motifs is 4. The predicted octanol–water partition coefficient (Wildman–Crippen LogP) is 4.31. The molecule has 0 radical (unpaired) electrons. The molecule has 1 aromatic heterocycles. The fraction of sp³-hybridized carbons (Fsp3) is 0.0588. The van der Waals surface area contributed by atoms with Crippen LogP contribution >= 0.6 is 39.0 Å². The molecular weight excluding hydrogens is 348 g/mol. The van der Waals surface area contributed by atoms with Crippen molar-refractivity contribution in [3.8, 4) is 0 Å². The summed E-state index contributed by atoms with van der Waals surface area (Å²) in [5.41, 5.74) is 1.32. The van der Waals surface area contributed by atoms with E-state index in [9.17, 15) is 0 Å². The van der Waals surface area contributed by atoms with Gasteiger partial charge in [-0.05, 0) is 17.7 Å². The third kappa shape index (κ3) is 1.96. The number of thiophene rings is 1. The summed E-state index contributed by atoms with van der Waals surface area (Å²) >= 11 is 7.34. The molecular formula is C17H11BrS2. The van der Waals surface area contributed by atoms with Crippen LogP contribution < -0.4 is 9.75 Å². The molecule has 20 heavy (non-hydrogen) atoms. The number of alkyl halides is 1. The van der Waals surface area contributed by atoms with Gasteiger partial charge in [-0.15, -0.1) is 11.3 Å². The zero-order valence-corrected chi connectivity index (χ0v) is 13.8. The van der Waals surface area contributed by atoms with Crippen LogP contribution in [0.2, 0.25) is 0 Å². The van der Waals surface area contributed by atoms with Gasteiger partial charge in [-0.25, -0.2) is 0 Å². The largest absolute Gasteiger partial charge is 0.135 e. The first-order chi connectivity index (χ1) is 9.86. The Labute approximate surface area is 134 Å². The molecule has 0 spiro atoms. The van der Waals surface area contributed by atoms with E-state index in [0.717, 1.165) is 5.33 Å². The van der Waals surface area contributed by atoms with Gasteiger partial charge in [0.15, 0.2) is 0 Å². The first-order valence-corrected chi connectivity index (χ1v) is 9.17. The number of thioether (sulfide) groups is 1. The Bertz CT molecular complexity index is 910. The summed E-state index contributed by atoms with van der Waals surface area (Å²) in [6, 6.07) is 8.70. The Morgan fingerprint density at radius 1 is 1.05 bits per heavy atom. The van der Waals surface area contributed by atoms with Gasteiger partial charge in [-0.1, -0.05) is 70.2 Å². The van der Waals surface area contributed by atoms with Gasteiger partial charge in [0, 0.05) is 35.0 Å². The fourth-order valence-corrected chi connectivity index (χ4v) is 5.28. The zero-order valence-electron chi connectivity index (χ0n) is 10.6. The van der Waals surface area contributed by atoms with Crippen LogP contribution in [-0.2, 0) is 0 Å². The van der Waals surface area contributed by atoms with Crippen molar-refractivity contribution < 1.29 is 0 Å². The highest BCUT2D eigenvalue weighted by atomic mass is 79.9. The molecule has 0 bridgehead atoms. The first-order valence-electron chi connectivity index (χ1n) is 6.42. The minimum Gasteiger partial charge on any atom is -0.135 e. The molecule has 98 valence electrons. The highest BCUT2D eigenvalue weighted by molar-refractivity contribution is 9.09. The molecule has 0 atom stereocenters. The maximum atomic E-state index is 3.57. The topological polar surface area (TPSA) is 0 Å². The molecule has 1 aromatic carbocycles. The van der Waals surface area contributed by atoms with Crippen molar-refractivity contribution in [1.82, 2.24) is 0 Å². The fourth-order valence-electron chi connectivity index (χ4n) is 2.54. The number of halogens is 1. The summed E-state index contributed by atoms with van der Waals surface area (Å²) in [5.74, 6) is 0. The number of rotatable bonds is 1. The summed E-state index contributed by atoms with van der Waals surface area (Å²) < 4.78 is 2.73. The molecule has 2 heterocycles. The lowest BCUT2D eigenvalue weighted by Crippen LogP contribution is -2.21. The maximum absolute atomic E-state index is 3.57. The monoisotopic (exact) mass is 358 g/mol. The van der Waals surface area contributed by atoms with Crippen LogP contribution in [0.5, 0.6) is 0 Å². The molecule has 0 fully saturated rings. The van der Waals surface area contributed by atoms with Crippen LogP contribution in [0.1, 0.15) is 0 Å². The highest BCUT2D eigenvalue weighted by Crippen LogP contribution is 2.37. The Morgan fingerprint density at radius 2 is 1.95 bits per heavy atom. The lowest BCUT2D eigenvalue weighted by molar-refractivity contribution is 1.64. The van der Waals surface area contributed by atoms with E-state index in [4.69, 9.17) is 0 Å². The second-order valence-electron chi connectivity index (χ2n) is 4.68. The molecule has 0 unspecified atom stereocenters. The Hall–Kier alpha value is -1.03. The van der Waals surface area contributed by atoms with E-state index in [1.54, 1.807) is 0 Å². The van der Waals surface area contributed by atoms with Crippen LogP contribution in [0, 0.1) is 0 Å². The van der Waals surface area contributed by atoms with Crippen molar-refractivity contribution >= 4 is 60.1 Å². The van der Waals surface area contributed by atoms with Crippen molar-refractivity contribution in [2.24, 2.45) is 0 Å².